The van der Waals surface area contributed by atoms with Crippen LogP contribution in [0.25, 0.3) is 0 Å². The Balaban J connectivity index is 1.18. The van der Waals surface area contributed by atoms with Crippen LogP contribution in [0, 0.1) is 18.7 Å². The number of amides is 2. The van der Waals surface area contributed by atoms with Crippen molar-refractivity contribution in [3.8, 4) is 17.2 Å². The summed E-state index contributed by atoms with van der Waals surface area (Å²) in [6.07, 6.45) is 3.21. The molecule has 0 spiro atoms. The lowest BCUT2D eigenvalue weighted by molar-refractivity contribution is -0.138. The molecule has 2 fully saturated rings. The first-order valence-electron chi connectivity index (χ1n) is 16.3. The summed E-state index contributed by atoms with van der Waals surface area (Å²) in [6.45, 7) is 4.62. The number of halogens is 3. The van der Waals surface area contributed by atoms with E-state index in [-0.39, 0.29) is 36.5 Å². The molecular weight excluding hydrogens is 660 g/mol. The molecule has 5 rings (SSSR count). The van der Waals surface area contributed by atoms with Crippen LogP contribution in [0.1, 0.15) is 47.2 Å². The Kier molecular flexibility index (Phi) is 12.8. The number of carbonyl (C=O) groups excluding carboxylic acids is 2. The summed E-state index contributed by atoms with van der Waals surface area (Å²) < 4.78 is 37.3. The number of benzene rings is 3. The van der Waals surface area contributed by atoms with E-state index in [9.17, 15) is 14.0 Å². The van der Waals surface area contributed by atoms with Crippen molar-refractivity contribution >= 4 is 35.0 Å². The number of ether oxygens (including phenoxy) is 4. The van der Waals surface area contributed by atoms with Gasteiger partial charge in [-0.2, -0.15) is 0 Å². The van der Waals surface area contributed by atoms with Crippen LogP contribution in [0.5, 0.6) is 17.2 Å². The van der Waals surface area contributed by atoms with Crippen molar-refractivity contribution in [1.82, 2.24) is 15.5 Å². The largest absolute Gasteiger partial charge is 0.493 e. The lowest BCUT2D eigenvalue weighted by atomic mass is 9.91. The Morgan fingerprint density at radius 3 is 2.40 bits per heavy atom. The van der Waals surface area contributed by atoms with Crippen LogP contribution in [0.2, 0.25) is 10.0 Å². The second-order valence-electron chi connectivity index (χ2n) is 12.1. The molecule has 3 aromatic rings. The molecule has 0 aromatic heterocycles. The van der Waals surface area contributed by atoms with E-state index in [2.05, 4.69) is 10.6 Å². The average molecular weight is 703 g/mol. The highest BCUT2D eigenvalue weighted by Gasteiger charge is 2.40. The smallest absolute Gasteiger partial charge is 0.251 e. The van der Waals surface area contributed by atoms with E-state index >= 15 is 0 Å². The fourth-order valence-corrected chi connectivity index (χ4v) is 6.46. The number of hydrogen-bond donors (Lipinski definition) is 2. The molecule has 48 heavy (non-hydrogen) atoms. The molecule has 1 aliphatic carbocycles. The van der Waals surface area contributed by atoms with E-state index in [0.717, 1.165) is 42.2 Å². The number of piperidine rings is 1. The van der Waals surface area contributed by atoms with Crippen LogP contribution in [-0.2, 0) is 16.1 Å². The van der Waals surface area contributed by atoms with Gasteiger partial charge in [0.15, 0.2) is 17.3 Å². The average Bonchev–Trinajstić information content (AvgIpc) is 3.91. The van der Waals surface area contributed by atoms with Crippen molar-refractivity contribution in [1.29, 1.82) is 0 Å². The van der Waals surface area contributed by atoms with E-state index in [4.69, 9.17) is 42.1 Å². The Hall–Kier alpha value is -3.57. The van der Waals surface area contributed by atoms with Gasteiger partial charge in [-0.1, -0.05) is 41.4 Å². The summed E-state index contributed by atoms with van der Waals surface area (Å²) in [4.78, 5) is 29.3. The molecule has 1 saturated heterocycles. The van der Waals surface area contributed by atoms with Crippen molar-refractivity contribution in [2.24, 2.45) is 5.92 Å². The van der Waals surface area contributed by atoms with Gasteiger partial charge in [-0.3, -0.25) is 9.59 Å². The molecule has 0 radical (unpaired) electrons. The van der Waals surface area contributed by atoms with E-state index < -0.39 is 23.7 Å². The molecule has 3 aromatic carbocycles. The number of hydrogen-bond acceptors (Lipinski definition) is 7. The minimum Gasteiger partial charge on any atom is -0.493 e. The molecule has 1 aliphatic heterocycles. The normalized spacial score (nSPS) is 17.4. The standard InChI is InChI=1S/C36H42Cl2FN3O6/c1-23-18-28(37)34(29(38)19-23)48-17-16-47-33-11-8-24(20-30(33)39)35(43)41-31-12-13-40-21-27(31)36(44)42(26-9-10-26)22-25-6-3-4-7-32(25)46-15-5-14-45-2/h3-4,6-8,11,18-20,26-27,31,40H,5,9-10,12-17,21-22H2,1-2H3,(H,41,43). The van der Waals surface area contributed by atoms with Crippen LogP contribution >= 0.6 is 23.2 Å². The predicted molar refractivity (Wildman–Crippen MR) is 183 cm³/mol. The van der Waals surface area contributed by atoms with E-state index in [0.29, 0.717) is 55.1 Å². The summed E-state index contributed by atoms with van der Waals surface area (Å²) in [5.41, 5.74) is 1.98. The molecular formula is C36H42Cl2FN3O6. The van der Waals surface area contributed by atoms with E-state index in [1.807, 2.05) is 36.1 Å². The first kappa shape index (κ1) is 35.7. The van der Waals surface area contributed by atoms with Crippen molar-refractivity contribution in [2.45, 2.75) is 51.2 Å². The highest BCUT2D eigenvalue weighted by Crippen LogP contribution is 2.35. The molecule has 2 unspecified atom stereocenters. The van der Waals surface area contributed by atoms with Gasteiger partial charge in [0.1, 0.15) is 19.0 Å². The fourth-order valence-electron chi connectivity index (χ4n) is 5.75. The fraction of sp³-hybridized carbons (Fsp3) is 0.444. The third-order valence-electron chi connectivity index (χ3n) is 8.37. The Bertz CT molecular complexity index is 1550. The minimum atomic E-state index is -0.685. The highest BCUT2D eigenvalue weighted by atomic mass is 35.5. The lowest BCUT2D eigenvalue weighted by Crippen LogP contribution is -2.55. The van der Waals surface area contributed by atoms with Crippen LogP contribution in [-0.4, -0.2) is 75.4 Å². The van der Waals surface area contributed by atoms with Gasteiger partial charge in [0.05, 0.1) is 22.6 Å². The van der Waals surface area contributed by atoms with Gasteiger partial charge in [0.2, 0.25) is 5.91 Å². The Labute approximate surface area is 291 Å². The SMILES string of the molecule is COCCCOc1ccccc1CN(C(=O)C1CNCCC1NC(=O)c1ccc(OCCOc2c(Cl)cc(C)cc2Cl)c(F)c1)C1CC1. The summed E-state index contributed by atoms with van der Waals surface area (Å²) in [5, 5.41) is 7.08. The highest BCUT2D eigenvalue weighted by molar-refractivity contribution is 6.37. The Morgan fingerprint density at radius 1 is 0.938 bits per heavy atom. The number of rotatable bonds is 16. The van der Waals surface area contributed by atoms with Crippen LogP contribution in [0.4, 0.5) is 4.39 Å². The molecule has 2 N–H and O–H groups in total. The molecule has 0 bridgehead atoms. The van der Waals surface area contributed by atoms with Gasteiger partial charge in [-0.25, -0.2) is 4.39 Å². The zero-order valence-corrected chi connectivity index (χ0v) is 28.7. The van der Waals surface area contributed by atoms with Gasteiger partial charge in [0, 0.05) is 56.4 Å². The first-order valence-corrected chi connectivity index (χ1v) is 17.0. The van der Waals surface area contributed by atoms with Crippen molar-refractivity contribution in [3.05, 3.63) is 87.2 Å². The van der Waals surface area contributed by atoms with Crippen molar-refractivity contribution in [2.75, 3.05) is 46.6 Å². The molecule has 9 nitrogen and oxygen atoms in total. The number of methoxy groups -OCH3 is 1. The quantitative estimate of drug-likeness (QED) is 0.171. The maximum atomic E-state index is 15.0. The van der Waals surface area contributed by atoms with Crippen LogP contribution < -0.4 is 24.8 Å². The summed E-state index contributed by atoms with van der Waals surface area (Å²) in [5.74, 6) is -0.562. The summed E-state index contributed by atoms with van der Waals surface area (Å²) in [7, 11) is 1.66. The maximum Gasteiger partial charge on any atom is 0.251 e. The molecule has 2 amide bonds. The molecule has 1 heterocycles. The summed E-state index contributed by atoms with van der Waals surface area (Å²) in [6, 6.07) is 15.0. The van der Waals surface area contributed by atoms with Crippen molar-refractivity contribution < 1.29 is 32.9 Å². The predicted octanol–water partition coefficient (Wildman–Crippen LogP) is 6.21. The molecule has 12 heteroatoms. The second-order valence-corrected chi connectivity index (χ2v) is 12.9. The molecule has 2 aliphatic rings. The number of para-hydroxylation sites is 1. The number of aryl methyl sites for hydroxylation is 1. The van der Waals surface area contributed by atoms with Gasteiger partial charge >= 0.3 is 0 Å². The minimum absolute atomic E-state index is 0.0189. The van der Waals surface area contributed by atoms with E-state index in [1.54, 1.807) is 19.2 Å². The summed E-state index contributed by atoms with van der Waals surface area (Å²) >= 11 is 12.4. The first-order chi connectivity index (χ1) is 23.2. The van der Waals surface area contributed by atoms with Crippen LogP contribution in [0.15, 0.2) is 54.6 Å². The van der Waals surface area contributed by atoms with E-state index in [1.165, 1.54) is 12.1 Å². The van der Waals surface area contributed by atoms with Gasteiger partial charge < -0.3 is 34.5 Å². The van der Waals surface area contributed by atoms with Gasteiger partial charge in [-0.15, -0.1) is 0 Å². The number of nitrogens with zero attached hydrogens (tertiary/aromatic N) is 1. The van der Waals surface area contributed by atoms with Gasteiger partial charge in [0.25, 0.3) is 5.91 Å². The second kappa shape index (κ2) is 17.2. The molecule has 2 atom stereocenters. The third kappa shape index (κ3) is 9.53. The van der Waals surface area contributed by atoms with Gasteiger partial charge in [-0.05, 0) is 74.7 Å². The zero-order valence-electron chi connectivity index (χ0n) is 27.2. The third-order valence-corrected chi connectivity index (χ3v) is 8.94. The zero-order chi connectivity index (χ0) is 34.0. The topological polar surface area (TPSA) is 98.4 Å². The maximum absolute atomic E-state index is 15.0. The number of nitrogens with one attached hydrogen (secondary N) is 2. The lowest BCUT2D eigenvalue weighted by Gasteiger charge is -2.36. The number of carbonyl (C=O) groups is 2. The molecule has 1 saturated carbocycles. The monoisotopic (exact) mass is 701 g/mol. The molecule has 258 valence electrons. The van der Waals surface area contributed by atoms with Crippen molar-refractivity contribution in [3.63, 3.8) is 0 Å². The van der Waals surface area contributed by atoms with Crippen LogP contribution in [0.3, 0.4) is 0 Å². The Morgan fingerprint density at radius 2 is 1.67 bits per heavy atom.